The van der Waals surface area contributed by atoms with Crippen molar-refractivity contribution in [3.05, 3.63) is 52.5 Å². The summed E-state index contributed by atoms with van der Waals surface area (Å²) < 4.78 is 0. The number of nitrogen functional groups attached to an aromatic ring is 1. The van der Waals surface area contributed by atoms with E-state index in [1.165, 1.54) is 10.5 Å². The van der Waals surface area contributed by atoms with E-state index in [4.69, 9.17) is 17.3 Å². The molecule has 3 heteroatoms. The lowest BCUT2D eigenvalue weighted by Crippen LogP contribution is -1.90. The highest BCUT2D eigenvalue weighted by atomic mass is 35.5. The van der Waals surface area contributed by atoms with Crippen LogP contribution in [0.4, 0.5) is 5.69 Å². The van der Waals surface area contributed by atoms with E-state index in [0.29, 0.717) is 16.6 Å². The molecule has 1 nitrogen and oxygen atoms in total. The minimum atomic E-state index is 0.562. The van der Waals surface area contributed by atoms with E-state index in [9.17, 15) is 0 Å². The molecule has 0 aromatic heterocycles. The zero-order chi connectivity index (χ0) is 14.0. The van der Waals surface area contributed by atoms with Crippen molar-refractivity contribution < 1.29 is 0 Å². The number of rotatable bonds is 3. The van der Waals surface area contributed by atoms with Crippen LogP contribution in [0.1, 0.15) is 30.9 Å². The van der Waals surface area contributed by atoms with E-state index < -0.39 is 0 Å². The van der Waals surface area contributed by atoms with E-state index in [2.05, 4.69) is 45.0 Å². The quantitative estimate of drug-likeness (QED) is 0.755. The Labute approximate surface area is 124 Å². The van der Waals surface area contributed by atoms with E-state index >= 15 is 0 Å². The van der Waals surface area contributed by atoms with Gasteiger partial charge < -0.3 is 5.73 Å². The number of hydrogen-bond donors (Lipinski definition) is 1. The molecule has 0 radical (unpaired) electrons. The van der Waals surface area contributed by atoms with Crippen molar-refractivity contribution in [1.82, 2.24) is 0 Å². The Bertz CT molecular complexity index is 576. The Hall–Kier alpha value is -1.12. The van der Waals surface area contributed by atoms with Crippen LogP contribution in [0.2, 0.25) is 5.02 Å². The number of nitrogens with two attached hydrogens (primary N) is 1. The number of aryl methyl sites for hydroxylation is 1. The van der Waals surface area contributed by atoms with Crippen LogP contribution in [-0.2, 0) is 0 Å². The highest BCUT2D eigenvalue weighted by Gasteiger charge is 2.06. The molecule has 0 saturated carbocycles. The van der Waals surface area contributed by atoms with E-state index in [1.807, 2.05) is 12.1 Å². The van der Waals surface area contributed by atoms with Crippen LogP contribution >= 0.6 is 23.4 Å². The average molecular weight is 292 g/mol. The summed E-state index contributed by atoms with van der Waals surface area (Å²) in [6, 6.07) is 12.5. The summed E-state index contributed by atoms with van der Waals surface area (Å²) in [5.74, 6) is 0.562. The molecule has 0 heterocycles. The van der Waals surface area contributed by atoms with Crippen molar-refractivity contribution >= 4 is 29.1 Å². The summed E-state index contributed by atoms with van der Waals surface area (Å²) in [4.78, 5) is 2.37. The second-order valence-corrected chi connectivity index (χ2v) is 6.49. The van der Waals surface area contributed by atoms with E-state index in [0.717, 1.165) is 10.5 Å². The molecule has 2 N–H and O–H groups in total. The topological polar surface area (TPSA) is 26.0 Å². The lowest BCUT2D eigenvalue weighted by Gasteiger charge is -2.10. The molecule has 0 spiro atoms. The maximum atomic E-state index is 6.08. The van der Waals surface area contributed by atoms with Gasteiger partial charge in [0.05, 0.1) is 10.7 Å². The molecule has 19 heavy (non-hydrogen) atoms. The predicted octanol–water partition coefficient (Wildman–Crippen LogP) is 5.51. The predicted molar refractivity (Wildman–Crippen MR) is 85.3 cm³/mol. The third kappa shape index (κ3) is 3.46. The lowest BCUT2D eigenvalue weighted by molar-refractivity contribution is 0.865. The minimum Gasteiger partial charge on any atom is -0.398 e. The molecule has 0 amide bonds. The Kier molecular flexibility index (Phi) is 4.43. The van der Waals surface area contributed by atoms with Crippen LogP contribution in [0.15, 0.2) is 46.2 Å². The first-order valence-electron chi connectivity index (χ1n) is 6.31. The summed E-state index contributed by atoms with van der Waals surface area (Å²) in [6.07, 6.45) is 0. The number of hydrogen-bond acceptors (Lipinski definition) is 2. The van der Waals surface area contributed by atoms with Gasteiger partial charge in [-0.05, 0) is 48.2 Å². The van der Waals surface area contributed by atoms with Crippen LogP contribution in [0.25, 0.3) is 0 Å². The van der Waals surface area contributed by atoms with Crippen LogP contribution in [-0.4, -0.2) is 0 Å². The SMILES string of the molecule is Cc1cc(N)c(Cl)cc1Sc1ccc(C(C)C)cc1. The zero-order valence-corrected chi connectivity index (χ0v) is 13.0. The van der Waals surface area contributed by atoms with Crippen molar-refractivity contribution in [3.63, 3.8) is 0 Å². The molecule has 0 atom stereocenters. The zero-order valence-electron chi connectivity index (χ0n) is 11.4. The van der Waals surface area contributed by atoms with Gasteiger partial charge in [0.2, 0.25) is 0 Å². The van der Waals surface area contributed by atoms with Gasteiger partial charge in [0.25, 0.3) is 0 Å². The van der Waals surface area contributed by atoms with Crippen LogP contribution in [0, 0.1) is 6.92 Å². The first-order chi connectivity index (χ1) is 8.97. The van der Waals surface area contributed by atoms with Crippen LogP contribution in [0.3, 0.4) is 0 Å². The molecule has 100 valence electrons. The van der Waals surface area contributed by atoms with Crippen molar-refractivity contribution in [2.75, 3.05) is 5.73 Å². The van der Waals surface area contributed by atoms with E-state index in [1.54, 1.807) is 11.8 Å². The summed E-state index contributed by atoms with van der Waals surface area (Å²) in [6.45, 7) is 6.45. The third-order valence-corrected chi connectivity index (χ3v) is 4.56. The number of benzene rings is 2. The summed E-state index contributed by atoms with van der Waals surface area (Å²) in [7, 11) is 0. The molecule has 2 aromatic carbocycles. The Balaban J connectivity index is 2.24. The molecule has 0 bridgehead atoms. The van der Waals surface area contributed by atoms with Gasteiger partial charge >= 0.3 is 0 Å². The first-order valence-corrected chi connectivity index (χ1v) is 7.50. The van der Waals surface area contributed by atoms with Gasteiger partial charge in [0.1, 0.15) is 0 Å². The summed E-state index contributed by atoms with van der Waals surface area (Å²) in [5, 5.41) is 0.618. The third-order valence-electron chi connectivity index (χ3n) is 3.07. The van der Waals surface area contributed by atoms with Gasteiger partial charge in [0.15, 0.2) is 0 Å². The molecule has 2 rings (SSSR count). The second-order valence-electron chi connectivity index (χ2n) is 4.97. The molecule has 0 aliphatic heterocycles. The van der Waals surface area contributed by atoms with Crippen molar-refractivity contribution in [2.24, 2.45) is 0 Å². The lowest BCUT2D eigenvalue weighted by atomic mass is 10.0. The van der Waals surface area contributed by atoms with Gasteiger partial charge in [0, 0.05) is 9.79 Å². The smallest absolute Gasteiger partial charge is 0.0646 e. The maximum Gasteiger partial charge on any atom is 0.0646 e. The van der Waals surface area contributed by atoms with Gasteiger partial charge in [-0.25, -0.2) is 0 Å². The van der Waals surface area contributed by atoms with E-state index in [-0.39, 0.29) is 0 Å². The van der Waals surface area contributed by atoms with Gasteiger partial charge in [-0.1, -0.05) is 49.3 Å². The van der Waals surface area contributed by atoms with Crippen LogP contribution < -0.4 is 5.73 Å². The van der Waals surface area contributed by atoms with Gasteiger partial charge in [-0.15, -0.1) is 0 Å². The molecule has 0 saturated heterocycles. The van der Waals surface area contributed by atoms with Gasteiger partial charge in [-0.3, -0.25) is 0 Å². The Morgan fingerprint density at radius 3 is 2.32 bits per heavy atom. The highest BCUT2D eigenvalue weighted by Crippen LogP contribution is 2.35. The average Bonchev–Trinajstić information content (AvgIpc) is 2.36. The Morgan fingerprint density at radius 1 is 1.11 bits per heavy atom. The number of halogens is 1. The summed E-state index contributed by atoms with van der Waals surface area (Å²) in [5.41, 5.74) is 8.94. The fourth-order valence-electron chi connectivity index (χ4n) is 1.84. The monoisotopic (exact) mass is 291 g/mol. The largest absolute Gasteiger partial charge is 0.398 e. The molecule has 0 fully saturated rings. The normalized spacial score (nSPS) is 11.0. The molecular weight excluding hydrogens is 274 g/mol. The van der Waals surface area contributed by atoms with Crippen molar-refractivity contribution in [1.29, 1.82) is 0 Å². The van der Waals surface area contributed by atoms with Crippen LogP contribution in [0.5, 0.6) is 0 Å². The standard InChI is InChI=1S/C16H18ClNS/c1-10(2)12-4-6-13(7-5-12)19-16-9-14(17)15(18)8-11(16)3/h4-10H,18H2,1-3H3. The highest BCUT2D eigenvalue weighted by molar-refractivity contribution is 7.99. The Morgan fingerprint density at radius 2 is 1.74 bits per heavy atom. The fraction of sp³-hybridized carbons (Fsp3) is 0.250. The summed E-state index contributed by atoms with van der Waals surface area (Å²) >= 11 is 7.80. The molecule has 0 aliphatic carbocycles. The number of anilines is 1. The molecular formula is C16H18ClNS. The van der Waals surface area contributed by atoms with Gasteiger partial charge in [-0.2, -0.15) is 0 Å². The fourth-order valence-corrected chi connectivity index (χ4v) is 2.99. The van der Waals surface area contributed by atoms with Crippen molar-refractivity contribution in [3.8, 4) is 0 Å². The molecule has 0 unspecified atom stereocenters. The molecule has 2 aromatic rings. The molecule has 0 aliphatic rings. The minimum absolute atomic E-state index is 0.562. The van der Waals surface area contributed by atoms with Crippen molar-refractivity contribution in [2.45, 2.75) is 36.5 Å². The first kappa shape index (κ1) is 14.3. The maximum absolute atomic E-state index is 6.08. The second kappa shape index (κ2) is 5.89.